The first kappa shape index (κ1) is 19.1. The second kappa shape index (κ2) is 8.34. The molecular formula is C18H27N5O4+2. The molecule has 0 radical (unpaired) electrons. The van der Waals surface area contributed by atoms with Crippen LogP contribution >= 0.6 is 0 Å². The van der Waals surface area contributed by atoms with Crippen LogP contribution in [0.1, 0.15) is 38.7 Å². The SMILES string of the molecule is CC(C)OC(=O)CCNc1n[n+](O)c2cc(CN3CCCC3)ccc2[n+]1O. The highest BCUT2D eigenvalue weighted by Gasteiger charge is 2.28. The molecule has 0 spiro atoms. The number of carbonyl (C=O) groups is 1. The molecule has 146 valence electrons. The number of aromatic nitrogens is 3. The first-order valence-corrected chi connectivity index (χ1v) is 9.29. The molecule has 1 aliphatic rings. The van der Waals surface area contributed by atoms with Crippen LogP contribution in [0.4, 0.5) is 5.95 Å². The summed E-state index contributed by atoms with van der Waals surface area (Å²) in [5.74, 6) is -0.305. The van der Waals surface area contributed by atoms with Crippen LogP contribution in [-0.2, 0) is 16.1 Å². The molecule has 2 heterocycles. The van der Waals surface area contributed by atoms with Gasteiger partial charge in [0.05, 0.1) is 19.1 Å². The molecule has 1 saturated heterocycles. The number of hydrogen-bond acceptors (Lipinski definition) is 7. The molecule has 1 aromatic carbocycles. The molecular weight excluding hydrogens is 350 g/mol. The Bertz CT molecular complexity index is 821. The van der Waals surface area contributed by atoms with Crippen LogP contribution in [-0.4, -0.2) is 52.1 Å². The fourth-order valence-corrected chi connectivity index (χ4v) is 3.21. The van der Waals surface area contributed by atoms with E-state index in [0.29, 0.717) is 11.0 Å². The Balaban J connectivity index is 1.72. The van der Waals surface area contributed by atoms with Crippen molar-refractivity contribution in [1.82, 2.24) is 10.00 Å². The zero-order valence-corrected chi connectivity index (χ0v) is 15.8. The molecule has 2 aromatic rings. The number of benzene rings is 1. The van der Waals surface area contributed by atoms with Crippen LogP contribution < -0.4 is 14.9 Å². The van der Waals surface area contributed by atoms with Crippen LogP contribution in [0.2, 0.25) is 0 Å². The standard InChI is InChI=1S/C18H26N5O4/c1-13(2)27-17(24)7-8-19-18-20-23(26)16-11-14(5-6-15(16)22(18)25)12-21-9-3-4-10-21/h5-6,11,13,25H,3-4,7-10,12H2,1-2H3,(H,19,20,26)/q+1/p+1. The van der Waals surface area contributed by atoms with E-state index in [1.807, 2.05) is 12.1 Å². The largest absolute Gasteiger partial charge is 0.500 e. The average molecular weight is 377 g/mol. The van der Waals surface area contributed by atoms with E-state index in [-0.39, 0.29) is 31.0 Å². The normalized spacial score (nSPS) is 14.8. The smallest absolute Gasteiger partial charge is 0.463 e. The lowest BCUT2D eigenvalue weighted by molar-refractivity contribution is -0.950. The lowest BCUT2D eigenvalue weighted by Gasteiger charge is -2.13. The van der Waals surface area contributed by atoms with E-state index in [2.05, 4.69) is 15.3 Å². The van der Waals surface area contributed by atoms with E-state index in [4.69, 9.17) is 4.74 Å². The van der Waals surface area contributed by atoms with Gasteiger partial charge < -0.3 is 9.94 Å². The van der Waals surface area contributed by atoms with E-state index < -0.39 is 0 Å². The van der Waals surface area contributed by atoms with Crippen molar-refractivity contribution in [1.29, 1.82) is 0 Å². The van der Waals surface area contributed by atoms with Gasteiger partial charge in [-0.1, -0.05) is 6.07 Å². The Morgan fingerprint density at radius 1 is 1.30 bits per heavy atom. The van der Waals surface area contributed by atoms with Gasteiger partial charge in [-0.05, 0) is 56.1 Å². The van der Waals surface area contributed by atoms with E-state index >= 15 is 0 Å². The minimum Gasteiger partial charge on any atom is -0.463 e. The first-order chi connectivity index (χ1) is 12.9. The summed E-state index contributed by atoms with van der Waals surface area (Å²) in [6, 6.07) is 5.49. The van der Waals surface area contributed by atoms with Crippen LogP contribution in [0.3, 0.4) is 0 Å². The molecule has 1 aromatic heterocycles. The molecule has 0 saturated carbocycles. The minimum atomic E-state index is -0.341. The van der Waals surface area contributed by atoms with Gasteiger partial charge in [0.25, 0.3) is 5.10 Å². The fraction of sp³-hybridized carbons (Fsp3) is 0.556. The van der Waals surface area contributed by atoms with Crippen LogP contribution in [0.5, 0.6) is 0 Å². The summed E-state index contributed by atoms with van der Waals surface area (Å²) in [5, 5.41) is 27.4. The van der Waals surface area contributed by atoms with E-state index in [0.717, 1.165) is 34.8 Å². The summed E-state index contributed by atoms with van der Waals surface area (Å²) >= 11 is 0. The van der Waals surface area contributed by atoms with Gasteiger partial charge >= 0.3 is 17.4 Å². The van der Waals surface area contributed by atoms with Gasteiger partial charge in [-0.15, -0.1) is 0 Å². The zero-order chi connectivity index (χ0) is 19.4. The number of hydrogen-bond donors (Lipinski definition) is 3. The summed E-state index contributed by atoms with van der Waals surface area (Å²) in [7, 11) is 0. The molecule has 3 rings (SSSR count). The van der Waals surface area contributed by atoms with Crippen molar-refractivity contribution in [3.8, 4) is 0 Å². The summed E-state index contributed by atoms with van der Waals surface area (Å²) in [6.45, 7) is 6.75. The topological polar surface area (TPSA) is 103 Å². The number of nitrogens with one attached hydrogen (secondary N) is 1. The fourth-order valence-electron chi connectivity index (χ4n) is 3.21. The van der Waals surface area contributed by atoms with Crippen molar-refractivity contribution >= 4 is 23.0 Å². The number of ether oxygens (including phenoxy) is 1. The van der Waals surface area contributed by atoms with Gasteiger partial charge in [0, 0.05) is 12.6 Å². The summed E-state index contributed by atoms with van der Waals surface area (Å²) < 4.78 is 5.92. The van der Waals surface area contributed by atoms with E-state index in [1.54, 1.807) is 19.9 Å². The minimum absolute atomic E-state index is 0.0367. The predicted octanol–water partition coefficient (Wildman–Crippen LogP) is 0.634. The van der Waals surface area contributed by atoms with Gasteiger partial charge in [-0.3, -0.25) is 15.0 Å². The van der Waals surface area contributed by atoms with Gasteiger partial charge in [-0.25, -0.2) is 5.21 Å². The number of esters is 1. The third-order valence-electron chi connectivity index (χ3n) is 4.46. The molecule has 1 aliphatic heterocycles. The Morgan fingerprint density at radius 3 is 2.74 bits per heavy atom. The molecule has 3 N–H and O–H groups in total. The lowest BCUT2D eigenvalue weighted by atomic mass is 10.2. The molecule has 0 atom stereocenters. The Morgan fingerprint density at radius 2 is 2.04 bits per heavy atom. The highest BCUT2D eigenvalue weighted by Crippen LogP contribution is 2.15. The maximum absolute atomic E-state index is 11.6. The summed E-state index contributed by atoms with van der Waals surface area (Å²) in [6.07, 6.45) is 2.38. The number of rotatable bonds is 7. The van der Waals surface area contributed by atoms with Gasteiger partial charge in [0.2, 0.25) is 10.4 Å². The molecule has 0 aliphatic carbocycles. The Hall–Kier alpha value is -2.68. The maximum Gasteiger partial charge on any atom is 0.500 e. The molecule has 27 heavy (non-hydrogen) atoms. The zero-order valence-electron chi connectivity index (χ0n) is 15.8. The van der Waals surface area contributed by atoms with Crippen LogP contribution in [0, 0.1) is 0 Å². The average Bonchev–Trinajstić information content (AvgIpc) is 3.11. The highest BCUT2D eigenvalue weighted by molar-refractivity contribution is 5.70. The van der Waals surface area contributed by atoms with E-state index in [9.17, 15) is 15.2 Å². The van der Waals surface area contributed by atoms with Crippen molar-refractivity contribution in [3.63, 3.8) is 0 Å². The summed E-state index contributed by atoms with van der Waals surface area (Å²) in [4.78, 5) is 14.7. The van der Waals surface area contributed by atoms with Crippen molar-refractivity contribution < 1.29 is 29.5 Å². The third-order valence-corrected chi connectivity index (χ3v) is 4.46. The number of fused-ring (bicyclic) bond motifs is 1. The number of carbonyl (C=O) groups excluding carboxylic acids is 1. The number of nitrogens with zero attached hydrogens (tertiary/aromatic N) is 4. The molecule has 9 heteroatoms. The first-order valence-electron chi connectivity index (χ1n) is 9.29. The second-order valence-corrected chi connectivity index (χ2v) is 7.05. The van der Waals surface area contributed by atoms with Crippen LogP contribution in [0.25, 0.3) is 11.0 Å². The van der Waals surface area contributed by atoms with Crippen LogP contribution in [0.15, 0.2) is 18.2 Å². The number of anilines is 1. The third kappa shape index (κ3) is 4.73. The molecule has 9 nitrogen and oxygen atoms in total. The Kier molecular flexibility index (Phi) is 5.90. The summed E-state index contributed by atoms with van der Waals surface area (Å²) in [5.41, 5.74) is 1.86. The monoisotopic (exact) mass is 377 g/mol. The predicted molar refractivity (Wildman–Crippen MR) is 95.3 cm³/mol. The van der Waals surface area contributed by atoms with Gasteiger partial charge in [-0.2, -0.15) is 0 Å². The highest BCUT2D eigenvalue weighted by atomic mass is 16.5. The second-order valence-electron chi connectivity index (χ2n) is 7.05. The molecule has 1 fully saturated rings. The van der Waals surface area contributed by atoms with E-state index in [1.165, 1.54) is 12.8 Å². The van der Waals surface area contributed by atoms with Crippen molar-refractivity contribution in [2.24, 2.45) is 0 Å². The molecule has 0 amide bonds. The molecule has 0 bridgehead atoms. The quantitative estimate of drug-likeness (QED) is 0.369. The van der Waals surface area contributed by atoms with Gasteiger partial charge in [0.1, 0.15) is 0 Å². The number of likely N-dealkylation sites (tertiary alicyclic amines) is 1. The van der Waals surface area contributed by atoms with Gasteiger partial charge in [0.15, 0.2) is 0 Å². The Labute approximate surface area is 157 Å². The van der Waals surface area contributed by atoms with Crippen molar-refractivity contribution in [2.45, 2.75) is 45.8 Å². The van der Waals surface area contributed by atoms with Crippen molar-refractivity contribution in [2.75, 3.05) is 25.0 Å². The molecule has 0 unspecified atom stereocenters. The maximum atomic E-state index is 11.6. The lowest BCUT2D eigenvalue weighted by Crippen LogP contribution is -2.47. The van der Waals surface area contributed by atoms with Crippen molar-refractivity contribution in [3.05, 3.63) is 23.8 Å².